The van der Waals surface area contributed by atoms with Crippen LogP contribution in [-0.4, -0.2) is 16.1 Å². The van der Waals surface area contributed by atoms with Gasteiger partial charge < -0.3 is 20.3 Å². The van der Waals surface area contributed by atoms with E-state index < -0.39 is 35.5 Å². The lowest BCUT2D eigenvalue weighted by atomic mass is 10.0. The van der Waals surface area contributed by atoms with Crippen molar-refractivity contribution in [3.05, 3.63) is 106 Å². The molecule has 35 heavy (non-hydrogen) atoms. The van der Waals surface area contributed by atoms with Gasteiger partial charge in [0.1, 0.15) is 5.75 Å². The van der Waals surface area contributed by atoms with Crippen LogP contribution in [0.5, 0.6) is 17.5 Å². The molecule has 0 saturated carbocycles. The average molecular weight is 541 g/mol. The molecule has 1 heterocycles. The molecule has 3 N–H and O–H groups in total. The highest BCUT2D eigenvalue weighted by molar-refractivity contribution is 9.10. The van der Waals surface area contributed by atoms with Crippen molar-refractivity contribution in [2.45, 2.75) is 12.6 Å². The van der Waals surface area contributed by atoms with Crippen LogP contribution in [0.1, 0.15) is 17.2 Å². The summed E-state index contributed by atoms with van der Waals surface area (Å²) in [6.07, 6.45) is -1.57. The largest absolute Gasteiger partial charge is 0.478 e. The minimum absolute atomic E-state index is 0.243. The molecule has 0 fully saturated rings. The molecule has 0 spiro atoms. The van der Waals surface area contributed by atoms with Gasteiger partial charge in [-0.25, -0.2) is 13.6 Å². The Bertz CT molecular complexity index is 1370. The molecule has 3 aromatic carbocycles. The number of pyridine rings is 1. The van der Waals surface area contributed by atoms with E-state index in [4.69, 9.17) is 15.2 Å². The highest BCUT2D eigenvalue weighted by atomic mass is 79.9. The number of carboxylic acid groups (broad SMARTS) is 1. The zero-order valence-corrected chi connectivity index (χ0v) is 19.7. The second kappa shape index (κ2) is 10.6. The van der Waals surface area contributed by atoms with Crippen LogP contribution in [0.2, 0.25) is 0 Å². The predicted octanol–water partition coefficient (Wildman–Crippen LogP) is 6.25. The molecule has 9 heteroatoms. The number of hydrogen-bond acceptors (Lipinski definition) is 5. The molecule has 4 aromatic rings. The number of carboxylic acids is 1. The number of benzene rings is 3. The summed E-state index contributed by atoms with van der Waals surface area (Å²) in [6, 6.07) is 21.2. The monoisotopic (exact) mass is 540 g/mol. The zero-order valence-electron chi connectivity index (χ0n) is 18.1. The Balaban J connectivity index is 1.62. The number of nitrogens with zero attached hydrogens (tertiary/aromatic N) is 1. The van der Waals surface area contributed by atoms with Crippen molar-refractivity contribution in [2.24, 2.45) is 5.73 Å². The standard InChI is InChI=1S/C26H19BrF2N2O4/c27-19-9-7-16(8-10-19)23(26(32)33)35-25-22(29)13-21(28)24(31-25)34-20-6-2-5-18(12-20)17-4-1-3-15(11-17)14-30/h1-13,23H,14,30H2,(H,32,33). The van der Waals surface area contributed by atoms with E-state index in [2.05, 4.69) is 20.9 Å². The number of rotatable bonds is 8. The lowest BCUT2D eigenvalue weighted by Crippen LogP contribution is -2.19. The Morgan fingerprint density at radius 3 is 2.29 bits per heavy atom. The topological polar surface area (TPSA) is 94.7 Å². The summed E-state index contributed by atoms with van der Waals surface area (Å²) in [7, 11) is 0. The van der Waals surface area contributed by atoms with Crippen molar-refractivity contribution in [3.8, 4) is 28.6 Å². The van der Waals surface area contributed by atoms with Crippen molar-refractivity contribution < 1.29 is 28.2 Å². The highest BCUT2D eigenvalue weighted by Crippen LogP contribution is 2.32. The molecule has 1 aromatic heterocycles. The van der Waals surface area contributed by atoms with Crippen molar-refractivity contribution in [1.29, 1.82) is 0 Å². The van der Waals surface area contributed by atoms with Gasteiger partial charge in [0.2, 0.25) is 6.10 Å². The summed E-state index contributed by atoms with van der Waals surface area (Å²) >= 11 is 3.26. The van der Waals surface area contributed by atoms with Gasteiger partial charge in [-0.05, 0) is 47.0 Å². The van der Waals surface area contributed by atoms with Gasteiger partial charge in [0.05, 0.1) is 0 Å². The third-order valence-corrected chi connectivity index (χ3v) is 5.56. The maximum absolute atomic E-state index is 14.5. The van der Waals surface area contributed by atoms with E-state index >= 15 is 0 Å². The van der Waals surface area contributed by atoms with E-state index in [9.17, 15) is 18.7 Å². The zero-order chi connectivity index (χ0) is 24.9. The van der Waals surface area contributed by atoms with E-state index in [1.165, 1.54) is 12.1 Å². The summed E-state index contributed by atoms with van der Waals surface area (Å²) in [5, 5.41) is 9.58. The van der Waals surface area contributed by atoms with E-state index in [1.54, 1.807) is 30.3 Å². The SMILES string of the molecule is NCc1cccc(-c2cccc(Oc3nc(OC(C(=O)O)c4ccc(Br)cc4)c(F)cc3F)c2)c1. The summed E-state index contributed by atoms with van der Waals surface area (Å²) in [5.74, 6) is -4.62. The minimum Gasteiger partial charge on any atom is -0.478 e. The normalized spacial score (nSPS) is 11.7. The molecule has 178 valence electrons. The molecular formula is C26H19BrF2N2O4. The first-order chi connectivity index (χ1) is 16.8. The summed E-state index contributed by atoms with van der Waals surface area (Å²) < 4.78 is 40.5. The smallest absolute Gasteiger partial charge is 0.349 e. The van der Waals surface area contributed by atoms with Crippen molar-refractivity contribution in [1.82, 2.24) is 4.98 Å². The Labute approximate surface area is 208 Å². The van der Waals surface area contributed by atoms with E-state index in [0.717, 1.165) is 21.2 Å². The van der Waals surface area contributed by atoms with E-state index in [1.807, 2.05) is 30.3 Å². The van der Waals surface area contributed by atoms with Gasteiger partial charge in [-0.2, -0.15) is 4.98 Å². The first-order valence-electron chi connectivity index (χ1n) is 10.4. The van der Waals surface area contributed by atoms with Gasteiger partial charge in [0, 0.05) is 22.6 Å². The summed E-state index contributed by atoms with van der Waals surface area (Å²) in [5.41, 5.74) is 8.58. The Morgan fingerprint density at radius 1 is 0.943 bits per heavy atom. The van der Waals surface area contributed by atoms with Gasteiger partial charge in [0.25, 0.3) is 11.8 Å². The maximum Gasteiger partial charge on any atom is 0.349 e. The molecule has 1 atom stereocenters. The molecule has 0 amide bonds. The Morgan fingerprint density at radius 2 is 1.60 bits per heavy atom. The van der Waals surface area contributed by atoms with Crippen LogP contribution in [0.25, 0.3) is 11.1 Å². The van der Waals surface area contributed by atoms with Gasteiger partial charge >= 0.3 is 5.97 Å². The Kier molecular flexibility index (Phi) is 7.38. The molecule has 4 rings (SSSR count). The number of aromatic nitrogens is 1. The molecule has 0 radical (unpaired) electrons. The van der Waals surface area contributed by atoms with Crippen molar-refractivity contribution in [3.63, 3.8) is 0 Å². The van der Waals surface area contributed by atoms with Gasteiger partial charge in [0.15, 0.2) is 11.6 Å². The third-order valence-electron chi connectivity index (χ3n) is 5.04. The Hall–Kier alpha value is -3.82. The third kappa shape index (κ3) is 5.82. The molecule has 0 bridgehead atoms. The van der Waals surface area contributed by atoms with Crippen LogP contribution in [0, 0.1) is 11.6 Å². The molecule has 6 nitrogen and oxygen atoms in total. The first kappa shape index (κ1) is 24.3. The predicted molar refractivity (Wildman–Crippen MR) is 129 cm³/mol. The second-order valence-electron chi connectivity index (χ2n) is 7.48. The number of nitrogens with two attached hydrogens (primary N) is 1. The second-order valence-corrected chi connectivity index (χ2v) is 8.40. The van der Waals surface area contributed by atoms with Gasteiger partial charge in [-0.15, -0.1) is 0 Å². The maximum atomic E-state index is 14.5. The fourth-order valence-electron chi connectivity index (χ4n) is 3.33. The van der Waals surface area contributed by atoms with Crippen LogP contribution in [0.3, 0.4) is 0 Å². The highest BCUT2D eigenvalue weighted by Gasteiger charge is 2.26. The number of aliphatic carboxylic acids is 1. The molecular weight excluding hydrogens is 522 g/mol. The van der Waals surface area contributed by atoms with Crippen molar-refractivity contribution in [2.75, 3.05) is 0 Å². The lowest BCUT2D eigenvalue weighted by Gasteiger charge is -2.16. The van der Waals surface area contributed by atoms with Gasteiger partial charge in [-0.1, -0.05) is 58.4 Å². The minimum atomic E-state index is -1.57. The number of ether oxygens (including phenoxy) is 2. The molecule has 0 saturated heterocycles. The molecule has 0 aliphatic carbocycles. The fourth-order valence-corrected chi connectivity index (χ4v) is 3.59. The fraction of sp³-hybridized carbons (Fsp3) is 0.0769. The number of halogens is 3. The summed E-state index contributed by atoms with van der Waals surface area (Å²) in [4.78, 5) is 15.5. The number of carbonyl (C=O) groups is 1. The quantitative estimate of drug-likeness (QED) is 0.274. The van der Waals surface area contributed by atoms with Crippen LogP contribution >= 0.6 is 15.9 Å². The van der Waals surface area contributed by atoms with Crippen LogP contribution < -0.4 is 15.2 Å². The van der Waals surface area contributed by atoms with Gasteiger partial charge in [-0.3, -0.25) is 0 Å². The van der Waals surface area contributed by atoms with E-state index in [0.29, 0.717) is 12.6 Å². The first-order valence-corrected chi connectivity index (χ1v) is 11.2. The van der Waals surface area contributed by atoms with Crippen LogP contribution in [-0.2, 0) is 11.3 Å². The average Bonchev–Trinajstić information content (AvgIpc) is 2.85. The molecule has 1 unspecified atom stereocenters. The van der Waals surface area contributed by atoms with Crippen molar-refractivity contribution >= 4 is 21.9 Å². The lowest BCUT2D eigenvalue weighted by molar-refractivity contribution is -0.145. The van der Waals surface area contributed by atoms with Crippen LogP contribution in [0.4, 0.5) is 8.78 Å². The summed E-state index contributed by atoms with van der Waals surface area (Å²) in [6.45, 7) is 0.384. The molecule has 0 aliphatic heterocycles. The van der Waals surface area contributed by atoms with Crippen LogP contribution in [0.15, 0.2) is 83.3 Å². The van der Waals surface area contributed by atoms with E-state index in [-0.39, 0.29) is 11.3 Å². The number of hydrogen-bond donors (Lipinski definition) is 2. The molecule has 0 aliphatic rings.